The van der Waals surface area contributed by atoms with Crippen molar-refractivity contribution in [3.63, 3.8) is 0 Å². The first kappa shape index (κ1) is 26.2. The molecule has 4 rings (SSSR count). The van der Waals surface area contributed by atoms with Crippen molar-refractivity contribution in [3.8, 4) is 23.0 Å². The molecule has 0 radical (unpaired) electrons. The molecule has 0 bridgehead atoms. The molecule has 0 aromatic heterocycles. The smallest absolute Gasteiger partial charge is 0.133 e. The van der Waals surface area contributed by atoms with Crippen LogP contribution in [0, 0.1) is 27.7 Å². The molecule has 192 valence electrons. The van der Waals surface area contributed by atoms with Crippen LogP contribution in [-0.4, -0.2) is 0 Å². The van der Waals surface area contributed by atoms with E-state index in [1.54, 1.807) is 0 Å². The summed E-state index contributed by atoms with van der Waals surface area (Å²) in [5, 5.41) is 0. The van der Waals surface area contributed by atoms with Crippen LogP contribution in [0.3, 0.4) is 0 Å². The summed E-state index contributed by atoms with van der Waals surface area (Å²) in [6.07, 6.45) is 3.20. The second-order valence-electron chi connectivity index (χ2n) is 10.0. The maximum absolute atomic E-state index is 6.20. The second kappa shape index (κ2) is 11.4. The Morgan fingerprint density at radius 2 is 1.03 bits per heavy atom. The minimum Gasteiger partial charge on any atom is -0.457 e. The van der Waals surface area contributed by atoms with Crippen molar-refractivity contribution in [2.45, 2.75) is 59.8 Å². The number of hydrogen-bond donors (Lipinski definition) is 2. The molecular weight excluding hydrogens is 456 g/mol. The Kier molecular flexibility index (Phi) is 8.08. The lowest BCUT2D eigenvalue weighted by Crippen LogP contribution is -2.03. The van der Waals surface area contributed by atoms with Gasteiger partial charge in [-0.3, -0.25) is 0 Å². The Hall–Kier alpha value is -3.92. The predicted octanol–water partition coefficient (Wildman–Crippen LogP) is 8.80. The van der Waals surface area contributed by atoms with Gasteiger partial charge >= 0.3 is 0 Å². The summed E-state index contributed by atoms with van der Waals surface area (Å²) in [6, 6.07) is 24.2. The summed E-state index contributed by atoms with van der Waals surface area (Å²) in [5.74, 6) is 3.92. The largest absolute Gasteiger partial charge is 0.457 e. The van der Waals surface area contributed by atoms with Crippen molar-refractivity contribution in [3.05, 3.63) is 106 Å². The molecule has 4 heteroatoms. The Bertz CT molecular complexity index is 1310. The lowest BCUT2D eigenvalue weighted by molar-refractivity contribution is 0.474. The SMILES string of the molecule is CCC(CCc1cc(C)c(Oc2ccc(N)cc2)c(C)c1)c1cc(C)c(Oc2ccc(N)cc2)c(C)c1. The molecule has 0 aliphatic rings. The highest BCUT2D eigenvalue weighted by Gasteiger charge is 2.16. The molecule has 37 heavy (non-hydrogen) atoms. The van der Waals surface area contributed by atoms with Gasteiger partial charge in [-0.25, -0.2) is 0 Å². The number of anilines is 2. The summed E-state index contributed by atoms with van der Waals surface area (Å²) in [5.41, 5.74) is 20.4. The van der Waals surface area contributed by atoms with E-state index >= 15 is 0 Å². The van der Waals surface area contributed by atoms with Crippen LogP contribution in [-0.2, 0) is 6.42 Å². The van der Waals surface area contributed by atoms with E-state index in [-0.39, 0.29) is 0 Å². The first-order valence-electron chi connectivity index (χ1n) is 13.0. The van der Waals surface area contributed by atoms with Gasteiger partial charge in [-0.15, -0.1) is 0 Å². The van der Waals surface area contributed by atoms with Crippen molar-refractivity contribution in [1.29, 1.82) is 0 Å². The van der Waals surface area contributed by atoms with Gasteiger partial charge in [-0.1, -0.05) is 31.2 Å². The van der Waals surface area contributed by atoms with Gasteiger partial charge in [0, 0.05) is 11.4 Å². The lowest BCUT2D eigenvalue weighted by atomic mass is 9.87. The Balaban J connectivity index is 1.46. The minimum absolute atomic E-state index is 0.481. The number of hydrogen-bond acceptors (Lipinski definition) is 4. The molecule has 0 aliphatic heterocycles. The third-order valence-electron chi connectivity index (χ3n) is 6.95. The number of nitrogens with two attached hydrogens (primary N) is 2. The minimum atomic E-state index is 0.481. The lowest BCUT2D eigenvalue weighted by Gasteiger charge is -2.20. The van der Waals surface area contributed by atoms with Gasteiger partial charge in [0.1, 0.15) is 23.0 Å². The summed E-state index contributed by atoms with van der Waals surface area (Å²) in [4.78, 5) is 0. The first-order valence-corrected chi connectivity index (χ1v) is 13.0. The van der Waals surface area contributed by atoms with E-state index < -0.39 is 0 Å². The van der Waals surface area contributed by atoms with Crippen molar-refractivity contribution in [1.82, 2.24) is 0 Å². The molecule has 0 amide bonds. The Morgan fingerprint density at radius 3 is 1.43 bits per heavy atom. The number of benzene rings is 4. The number of rotatable bonds is 9. The van der Waals surface area contributed by atoms with E-state index in [0.29, 0.717) is 5.92 Å². The molecule has 0 saturated carbocycles. The maximum atomic E-state index is 6.20. The van der Waals surface area contributed by atoms with Gasteiger partial charge < -0.3 is 20.9 Å². The van der Waals surface area contributed by atoms with Crippen molar-refractivity contribution in [2.75, 3.05) is 11.5 Å². The van der Waals surface area contributed by atoms with E-state index in [0.717, 1.165) is 75.9 Å². The predicted molar refractivity (Wildman–Crippen MR) is 155 cm³/mol. The number of aryl methyl sites for hydroxylation is 5. The zero-order valence-corrected chi connectivity index (χ0v) is 22.6. The molecule has 1 atom stereocenters. The molecule has 0 aliphatic carbocycles. The zero-order chi connectivity index (χ0) is 26.5. The Labute approximate surface area is 221 Å². The molecule has 4 aromatic carbocycles. The molecule has 4 N–H and O–H groups in total. The molecular formula is C33H38N2O2. The summed E-state index contributed by atoms with van der Waals surface area (Å²) < 4.78 is 12.4. The highest BCUT2D eigenvalue weighted by atomic mass is 16.5. The fourth-order valence-corrected chi connectivity index (χ4v) is 4.98. The van der Waals surface area contributed by atoms with E-state index in [9.17, 15) is 0 Å². The van der Waals surface area contributed by atoms with Crippen LogP contribution in [0.25, 0.3) is 0 Å². The Morgan fingerprint density at radius 1 is 0.622 bits per heavy atom. The van der Waals surface area contributed by atoms with Crippen molar-refractivity contribution < 1.29 is 9.47 Å². The fraction of sp³-hybridized carbons (Fsp3) is 0.273. The average molecular weight is 495 g/mol. The van der Waals surface area contributed by atoms with Crippen LogP contribution >= 0.6 is 0 Å². The topological polar surface area (TPSA) is 70.5 Å². The van der Waals surface area contributed by atoms with Gasteiger partial charge in [-0.2, -0.15) is 0 Å². The fourth-order valence-electron chi connectivity index (χ4n) is 4.98. The normalized spacial score (nSPS) is 11.8. The van der Waals surface area contributed by atoms with Gasteiger partial charge in [0.25, 0.3) is 0 Å². The summed E-state index contributed by atoms with van der Waals surface area (Å²) in [7, 11) is 0. The van der Waals surface area contributed by atoms with Crippen LogP contribution in [0.1, 0.15) is 59.1 Å². The van der Waals surface area contributed by atoms with Crippen molar-refractivity contribution >= 4 is 11.4 Å². The van der Waals surface area contributed by atoms with Gasteiger partial charge in [0.05, 0.1) is 0 Å². The first-order chi connectivity index (χ1) is 17.7. The van der Waals surface area contributed by atoms with E-state index in [1.165, 1.54) is 11.1 Å². The molecule has 0 saturated heterocycles. The van der Waals surface area contributed by atoms with Crippen LogP contribution in [0.4, 0.5) is 11.4 Å². The zero-order valence-electron chi connectivity index (χ0n) is 22.6. The van der Waals surface area contributed by atoms with Crippen LogP contribution < -0.4 is 20.9 Å². The molecule has 4 nitrogen and oxygen atoms in total. The summed E-state index contributed by atoms with van der Waals surface area (Å²) in [6.45, 7) is 10.8. The molecule has 0 spiro atoms. The molecule has 0 fully saturated rings. The molecule has 1 unspecified atom stereocenters. The number of ether oxygens (including phenoxy) is 2. The van der Waals surface area contributed by atoms with Gasteiger partial charge in [-0.05, 0) is 135 Å². The van der Waals surface area contributed by atoms with Crippen molar-refractivity contribution in [2.24, 2.45) is 0 Å². The standard InChI is InChI=1S/C33H38N2O2/c1-6-26(27-19-23(4)33(24(5)20-27)37-31-15-11-29(35)12-16-31)8-7-25-17-21(2)32(22(3)18-25)36-30-13-9-28(34)10-14-30/h9-20,26H,6-8,34-35H2,1-5H3. The van der Waals surface area contributed by atoms with Crippen LogP contribution in [0.15, 0.2) is 72.8 Å². The van der Waals surface area contributed by atoms with Gasteiger partial charge in [0.2, 0.25) is 0 Å². The van der Waals surface area contributed by atoms with E-state index in [4.69, 9.17) is 20.9 Å². The third-order valence-corrected chi connectivity index (χ3v) is 6.95. The van der Waals surface area contributed by atoms with E-state index in [1.807, 2.05) is 48.5 Å². The van der Waals surface area contributed by atoms with E-state index in [2.05, 4.69) is 58.9 Å². The average Bonchev–Trinajstić information content (AvgIpc) is 2.86. The van der Waals surface area contributed by atoms with Gasteiger partial charge in [0.15, 0.2) is 0 Å². The number of nitrogen functional groups attached to an aromatic ring is 2. The maximum Gasteiger partial charge on any atom is 0.133 e. The third kappa shape index (κ3) is 6.45. The van der Waals surface area contributed by atoms with Crippen LogP contribution in [0.5, 0.6) is 23.0 Å². The monoisotopic (exact) mass is 494 g/mol. The highest BCUT2D eigenvalue weighted by molar-refractivity contribution is 5.50. The summed E-state index contributed by atoms with van der Waals surface area (Å²) >= 11 is 0. The quantitative estimate of drug-likeness (QED) is 0.228. The molecule has 4 aromatic rings. The van der Waals surface area contributed by atoms with Crippen LogP contribution in [0.2, 0.25) is 0 Å². The second-order valence-corrected chi connectivity index (χ2v) is 10.0. The highest BCUT2D eigenvalue weighted by Crippen LogP contribution is 2.36. The molecule has 0 heterocycles.